The van der Waals surface area contributed by atoms with E-state index >= 15 is 0 Å². The van der Waals surface area contributed by atoms with Crippen LogP contribution in [0.25, 0.3) is 0 Å². The van der Waals surface area contributed by atoms with Crippen molar-refractivity contribution in [1.82, 2.24) is 0 Å². The molecule has 1 aliphatic rings. The summed E-state index contributed by atoms with van der Waals surface area (Å²) in [4.78, 5) is 0. The fraction of sp³-hybridized carbons (Fsp3) is 0.500. The highest BCUT2D eigenvalue weighted by Gasteiger charge is 2.26. The molecule has 2 N–H and O–H groups in total. The summed E-state index contributed by atoms with van der Waals surface area (Å²) in [6.45, 7) is 1.69. The number of fused-ring (bicyclic) bond motifs is 1. The van der Waals surface area contributed by atoms with Gasteiger partial charge in [-0.3, -0.25) is 0 Å². The summed E-state index contributed by atoms with van der Waals surface area (Å²) in [6.07, 6.45) is 2.56. The van der Waals surface area contributed by atoms with Crippen molar-refractivity contribution < 1.29 is 8.42 Å². The number of rotatable bonds is 3. The van der Waals surface area contributed by atoms with Crippen LogP contribution in [0.4, 0.5) is 0 Å². The summed E-state index contributed by atoms with van der Waals surface area (Å²) in [7, 11) is -3.40. The first-order chi connectivity index (χ1) is 7.86. The first kappa shape index (κ1) is 13.1. The van der Waals surface area contributed by atoms with Gasteiger partial charge in [0, 0.05) is 4.47 Å². The van der Waals surface area contributed by atoms with Gasteiger partial charge in [0.2, 0.25) is 10.0 Å². The lowest BCUT2D eigenvalue weighted by Gasteiger charge is -2.13. The summed E-state index contributed by atoms with van der Waals surface area (Å²) in [5, 5.41) is 4.70. The third kappa shape index (κ3) is 3.09. The molecule has 0 aliphatic heterocycles. The van der Waals surface area contributed by atoms with E-state index in [0.29, 0.717) is 12.3 Å². The maximum Gasteiger partial charge on any atom is 0.211 e. The van der Waals surface area contributed by atoms with Crippen LogP contribution in [0, 0.1) is 5.92 Å². The third-order valence-electron chi connectivity index (χ3n) is 3.41. The Kier molecular flexibility index (Phi) is 3.61. The van der Waals surface area contributed by atoms with E-state index in [1.165, 1.54) is 11.1 Å². The number of halogens is 1. The van der Waals surface area contributed by atoms with Gasteiger partial charge >= 0.3 is 0 Å². The summed E-state index contributed by atoms with van der Waals surface area (Å²) in [6, 6.07) is 6.27. The lowest BCUT2D eigenvalue weighted by molar-refractivity contribution is 0.493. The lowest BCUT2D eigenvalue weighted by Crippen LogP contribution is -2.28. The molecule has 1 aromatic carbocycles. The van der Waals surface area contributed by atoms with Crippen molar-refractivity contribution in [3.05, 3.63) is 33.8 Å². The molecule has 5 heteroatoms. The molecule has 0 saturated carbocycles. The standard InChI is InChI=1S/C12H16BrNO2S/c1-8(17(14,15)16)4-9-5-10-2-3-12(13)7-11(10)6-9/h2-3,7-9H,4-6H2,1H3,(H2,14,15,16)/t8?,9-/m1/s1. The Morgan fingerprint density at radius 3 is 2.71 bits per heavy atom. The van der Waals surface area contributed by atoms with Gasteiger partial charge in [-0.15, -0.1) is 0 Å². The lowest BCUT2D eigenvalue weighted by atomic mass is 10.0. The molecular formula is C12H16BrNO2S. The van der Waals surface area contributed by atoms with Crippen molar-refractivity contribution in [3.63, 3.8) is 0 Å². The highest BCUT2D eigenvalue weighted by atomic mass is 79.9. The molecule has 0 amide bonds. The molecule has 3 nitrogen and oxygen atoms in total. The third-order valence-corrected chi connectivity index (χ3v) is 5.22. The van der Waals surface area contributed by atoms with Crippen molar-refractivity contribution in [1.29, 1.82) is 0 Å². The molecule has 0 spiro atoms. The van der Waals surface area contributed by atoms with E-state index in [0.717, 1.165) is 17.3 Å². The monoisotopic (exact) mass is 317 g/mol. The minimum absolute atomic E-state index is 0.396. The zero-order chi connectivity index (χ0) is 12.6. The van der Waals surface area contributed by atoms with Crippen LogP contribution in [-0.2, 0) is 22.9 Å². The first-order valence-electron chi connectivity index (χ1n) is 5.65. The van der Waals surface area contributed by atoms with Gasteiger partial charge in [0.1, 0.15) is 0 Å². The van der Waals surface area contributed by atoms with Crippen molar-refractivity contribution in [2.45, 2.75) is 31.4 Å². The highest BCUT2D eigenvalue weighted by molar-refractivity contribution is 9.10. The number of sulfonamides is 1. The van der Waals surface area contributed by atoms with Crippen LogP contribution in [0.5, 0.6) is 0 Å². The second-order valence-electron chi connectivity index (χ2n) is 4.82. The predicted molar refractivity (Wildman–Crippen MR) is 72.2 cm³/mol. The zero-order valence-electron chi connectivity index (χ0n) is 9.69. The van der Waals surface area contributed by atoms with Crippen LogP contribution in [0.3, 0.4) is 0 Å². The predicted octanol–water partition coefficient (Wildman–Crippen LogP) is 2.23. The molecule has 0 saturated heterocycles. The van der Waals surface area contributed by atoms with E-state index in [1.807, 2.05) is 6.07 Å². The van der Waals surface area contributed by atoms with Crippen LogP contribution in [-0.4, -0.2) is 13.7 Å². The normalized spacial score (nSPS) is 21.2. The minimum atomic E-state index is -3.40. The van der Waals surface area contributed by atoms with Crippen LogP contribution >= 0.6 is 15.9 Å². The van der Waals surface area contributed by atoms with Crippen molar-refractivity contribution >= 4 is 26.0 Å². The largest absolute Gasteiger partial charge is 0.228 e. The van der Waals surface area contributed by atoms with Gasteiger partial charge in [-0.1, -0.05) is 22.0 Å². The van der Waals surface area contributed by atoms with E-state index in [-0.39, 0.29) is 0 Å². The van der Waals surface area contributed by atoms with Gasteiger partial charge in [-0.2, -0.15) is 0 Å². The first-order valence-corrected chi connectivity index (χ1v) is 8.05. The second kappa shape index (κ2) is 4.71. The van der Waals surface area contributed by atoms with E-state index in [1.54, 1.807) is 6.92 Å². The fourth-order valence-electron chi connectivity index (χ4n) is 2.45. The number of hydrogen-bond acceptors (Lipinski definition) is 2. The Balaban J connectivity index is 2.06. The van der Waals surface area contributed by atoms with Gasteiger partial charge < -0.3 is 0 Å². The van der Waals surface area contributed by atoms with Crippen LogP contribution < -0.4 is 5.14 Å². The van der Waals surface area contributed by atoms with E-state index < -0.39 is 15.3 Å². The minimum Gasteiger partial charge on any atom is -0.228 e. The quantitative estimate of drug-likeness (QED) is 0.929. The maximum absolute atomic E-state index is 11.2. The zero-order valence-corrected chi connectivity index (χ0v) is 12.1. The molecule has 0 aromatic heterocycles. The van der Waals surface area contributed by atoms with Crippen molar-refractivity contribution in [3.8, 4) is 0 Å². The topological polar surface area (TPSA) is 60.2 Å². The van der Waals surface area contributed by atoms with Gasteiger partial charge in [-0.25, -0.2) is 13.6 Å². The Bertz CT molecular complexity index is 527. The second-order valence-corrected chi connectivity index (χ2v) is 7.72. The molecule has 0 fully saturated rings. The average Bonchev–Trinajstić information content (AvgIpc) is 2.57. The number of benzene rings is 1. The number of nitrogens with two attached hydrogens (primary N) is 1. The smallest absolute Gasteiger partial charge is 0.211 e. The molecule has 0 radical (unpaired) electrons. The van der Waals surface area contributed by atoms with Crippen LogP contribution in [0.15, 0.2) is 22.7 Å². The van der Waals surface area contributed by atoms with E-state index in [2.05, 4.69) is 28.1 Å². The molecule has 1 unspecified atom stereocenters. The molecular weight excluding hydrogens is 302 g/mol. The van der Waals surface area contributed by atoms with Crippen LogP contribution in [0.2, 0.25) is 0 Å². The Hall–Kier alpha value is -0.390. The van der Waals surface area contributed by atoms with Gasteiger partial charge in [0.05, 0.1) is 5.25 Å². The Labute approximate surface area is 111 Å². The SMILES string of the molecule is CC(C[C@@H]1Cc2ccc(Br)cc2C1)S(N)(=O)=O. The molecule has 2 rings (SSSR count). The van der Waals surface area contributed by atoms with Gasteiger partial charge in [0.15, 0.2) is 0 Å². The van der Waals surface area contributed by atoms with Crippen molar-refractivity contribution in [2.24, 2.45) is 11.1 Å². The van der Waals surface area contributed by atoms with Crippen molar-refractivity contribution in [2.75, 3.05) is 0 Å². The molecule has 1 aliphatic carbocycles. The molecule has 0 heterocycles. The summed E-state index contributed by atoms with van der Waals surface area (Å²) >= 11 is 3.45. The summed E-state index contributed by atoms with van der Waals surface area (Å²) in [5.41, 5.74) is 2.66. The summed E-state index contributed by atoms with van der Waals surface area (Å²) in [5.74, 6) is 0.396. The van der Waals surface area contributed by atoms with E-state index in [4.69, 9.17) is 5.14 Å². The van der Waals surface area contributed by atoms with Gasteiger partial charge in [-0.05, 0) is 55.4 Å². The van der Waals surface area contributed by atoms with E-state index in [9.17, 15) is 8.42 Å². The van der Waals surface area contributed by atoms with Crippen LogP contribution in [0.1, 0.15) is 24.5 Å². The average molecular weight is 318 g/mol. The Morgan fingerprint density at radius 2 is 2.06 bits per heavy atom. The molecule has 0 bridgehead atoms. The molecule has 1 aromatic rings. The summed E-state index contributed by atoms with van der Waals surface area (Å²) < 4.78 is 23.5. The van der Waals surface area contributed by atoms with Gasteiger partial charge in [0.25, 0.3) is 0 Å². The molecule has 17 heavy (non-hydrogen) atoms. The highest BCUT2D eigenvalue weighted by Crippen LogP contribution is 2.32. The molecule has 94 valence electrons. The fourth-order valence-corrected chi connectivity index (χ4v) is 3.40. The Morgan fingerprint density at radius 1 is 1.41 bits per heavy atom. The molecule has 2 atom stereocenters. The number of primary sulfonamides is 1. The maximum atomic E-state index is 11.2. The number of hydrogen-bond donors (Lipinski definition) is 1.